The standard InChI is InChI=1S/C15H21N5O/c1-4-14(13-21-15-16-5-2-6-17-15)12-19(8-1)10-11-20-9-3-7-18-20/h2-3,5-7,9,14H,1,4,8,10-13H2. The van der Waals surface area contributed by atoms with Crippen molar-refractivity contribution in [3.8, 4) is 6.01 Å². The Morgan fingerprint density at radius 3 is 2.86 bits per heavy atom. The monoisotopic (exact) mass is 287 g/mol. The van der Waals surface area contributed by atoms with Crippen LogP contribution in [0, 0.1) is 5.92 Å². The van der Waals surface area contributed by atoms with Gasteiger partial charge in [0.05, 0.1) is 13.2 Å². The molecule has 0 saturated carbocycles. The average Bonchev–Trinajstić information content (AvgIpc) is 3.06. The molecular weight excluding hydrogens is 266 g/mol. The van der Waals surface area contributed by atoms with E-state index in [1.54, 1.807) is 18.5 Å². The predicted molar refractivity (Wildman–Crippen MR) is 78.9 cm³/mol. The van der Waals surface area contributed by atoms with E-state index in [0.29, 0.717) is 18.5 Å². The summed E-state index contributed by atoms with van der Waals surface area (Å²) >= 11 is 0. The van der Waals surface area contributed by atoms with Crippen LogP contribution < -0.4 is 4.74 Å². The molecule has 6 heteroatoms. The zero-order valence-corrected chi connectivity index (χ0v) is 12.1. The molecule has 0 spiro atoms. The quantitative estimate of drug-likeness (QED) is 0.805. The van der Waals surface area contributed by atoms with Gasteiger partial charge in [0.1, 0.15) is 0 Å². The zero-order chi connectivity index (χ0) is 14.3. The van der Waals surface area contributed by atoms with Gasteiger partial charge in [-0.1, -0.05) is 0 Å². The van der Waals surface area contributed by atoms with E-state index in [4.69, 9.17) is 4.74 Å². The molecule has 3 heterocycles. The first-order valence-corrected chi connectivity index (χ1v) is 7.50. The fourth-order valence-corrected chi connectivity index (χ4v) is 2.72. The third kappa shape index (κ3) is 4.26. The number of piperidine rings is 1. The van der Waals surface area contributed by atoms with E-state index in [1.165, 1.54) is 19.4 Å². The molecule has 1 atom stereocenters. The lowest BCUT2D eigenvalue weighted by Crippen LogP contribution is -2.39. The summed E-state index contributed by atoms with van der Waals surface area (Å²) in [5, 5.41) is 4.24. The Balaban J connectivity index is 1.42. The van der Waals surface area contributed by atoms with Crippen molar-refractivity contribution in [2.24, 2.45) is 5.92 Å². The molecule has 1 saturated heterocycles. The van der Waals surface area contributed by atoms with E-state index in [2.05, 4.69) is 20.0 Å². The van der Waals surface area contributed by atoms with Crippen molar-refractivity contribution in [2.45, 2.75) is 19.4 Å². The Morgan fingerprint density at radius 1 is 1.14 bits per heavy atom. The molecule has 1 aliphatic rings. The van der Waals surface area contributed by atoms with Gasteiger partial charge < -0.3 is 9.64 Å². The lowest BCUT2D eigenvalue weighted by molar-refractivity contribution is 0.122. The molecule has 0 aliphatic carbocycles. The molecule has 6 nitrogen and oxygen atoms in total. The summed E-state index contributed by atoms with van der Waals surface area (Å²) in [6.45, 7) is 4.93. The highest BCUT2D eigenvalue weighted by Crippen LogP contribution is 2.17. The van der Waals surface area contributed by atoms with Gasteiger partial charge in [0.25, 0.3) is 0 Å². The van der Waals surface area contributed by atoms with Crippen LogP contribution in [0.4, 0.5) is 0 Å². The molecule has 0 radical (unpaired) electrons. The van der Waals surface area contributed by atoms with Crippen molar-refractivity contribution in [1.29, 1.82) is 0 Å². The van der Waals surface area contributed by atoms with E-state index in [9.17, 15) is 0 Å². The molecule has 21 heavy (non-hydrogen) atoms. The zero-order valence-electron chi connectivity index (χ0n) is 12.1. The van der Waals surface area contributed by atoms with Crippen molar-refractivity contribution in [2.75, 3.05) is 26.2 Å². The van der Waals surface area contributed by atoms with Gasteiger partial charge in [-0.2, -0.15) is 5.10 Å². The van der Waals surface area contributed by atoms with Crippen LogP contribution in [0.2, 0.25) is 0 Å². The highest BCUT2D eigenvalue weighted by Gasteiger charge is 2.20. The lowest BCUT2D eigenvalue weighted by atomic mass is 9.99. The molecule has 1 aliphatic heterocycles. The molecule has 0 aromatic carbocycles. The van der Waals surface area contributed by atoms with Crippen molar-refractivity contribution in [1.82, 2.24) is 24.6 Å². The number of nitrogens with zero attached hydrogens (tertiary/aromatic N) is 5. The summed E-state index contributed by atoms with van der Waals surface area (Å²) in [5.41, 5.74) is 0. The maximum atomic E-state index is 5.68. The molecule has 0 N–H and O–H groups in total. The minimum Gasteiger partial charge on any atom is -0.463 e. The molecule has 1 unspecified atom stereocenters. The van der Waals surface area contributed by atoms with Crippen molar-refractivity contribution in [3.05, 3.63) is 36.9 Å². The van der Waals surface area contributed by atoms with Crippen LogP contribution in [0.15, 0.2) is 36.9 Å². The van der Waals surface area contributed by atoms with Crippen LogP contribution in [0.3, 0.4) is 0 Å². The first kappa shape index (κ1) is 14.0. The van der Waals surface area contributed by atoms with Crippen molar-refractivity contribution >= 4 is 0 Å². The van der Waals surface area contributed by atoms with Gasteiger partial charge in [0, 0.05) is 43.8 Å². The first-order chi connectivity index (χ1) is 10.4. The van der Waals surface area contributed by atoms with E-state index in [1.807, 2.05) is 23.1 Å². The van der Waals surface area contributed by atoms with Crippen LogP contribution in [0.5, 0.6) is 6.01 Å². The van der Waals surface area contributed by atoms with Gasteiger partial charge >= 0.3 is 6.01 Å². The number of hydrogen-bond donors (Lipinski definition) is 0. The first-order valence-electron chi connectivity index (χ1n) is 7.50. The Labute approximate surface area is 124 Å². The van der Waals surface area contributed by atoms with Gasteiger partial charge in [-0.25, -0.2) is 9.97 Å². The maximum absolute atomic E-state index is 5.68. The minimum absolute atomic E-state index is 0.478. The second kappa shape index (κ2) is 7.17. The topological polar surface area (TPSA) is 56.1 Å². The smallest absolute Gasteiger partial charge is 0.316 e. The molecular formula is C15H21N5O. The Hall–Kier alpha value is -1.95. The summed E-state index contributed by atoms with van der Waals surface area (Å²) in [7, 11) is 0. The molecule has 112 valence electrons. The van der Waals surface area contributed by atoms with E-state index in [0.717, 1.165) is 19.6 Å². The second-order valence-corrected chi connectivity index (χ2v) is 5.42. The normalized spacial score (nSPS) is 19.5. The van der Waals surface area contributed by atoms with Crippen LogP contribution in [0.1, 0.15) is 12.8 Å². The fourth-order valence-electron chi connectivity index (χ4n) is 2.72. The summed E-state index contributed by atoms with van der Waals surface area (Å²) in [4.78, 5) is 10.7. The fraction of sp³-hybridized carbons (Fsp3) is 0.533. The van der Waals surface area contributed by atoms with Gasteiger partial charge in [-0.15, -0.1) is 0 Å². The summed E-state index contributed by atoms with van der Waals surface area (Å²) in [6, 6.07) is 4.24. The Morgan fingerprint density at radius 2 is 2.05 bits per heavy atom. The molecule has 0 bridgehead atoms. The molecule has 3 rings (SSSR count). The van der Waals surface area contributed by atoms with E-state index in [-0.39, 0.29) is 0 Å². The highest BCUT2D eigenvalue weighted by molar-refractivity contribution is 4.93. The van der Waals surface area contributed by atoms with Crippen LogP contribution in [-0.4, -0.2) is 50.9 Å². The third-order valence-electron chi connectivity index (χ3n) is 3.80. The molecule has 1 fully saturated rings. The van der Waals surface area contributed by atoms with Crippen LogP contribution in [-0.2, 0) is 6.54 Å². The molecule has 2 aromatic rings. The van der Waals surface area contributed by atoms with E-state index < -0.39 is 0 Å². The van der Waals surface area contributed by atoms with Crippen molar-refractivity contribution < 1.29 is 4.74 Å². The average molecular weight is 287 g/mol. The highest BCUT2D eigenvalue weighted by atomic mass is 16.5. The summed E-state index contributed by atoms with van der Waals surface area (Å²) < 4.78 is 7.66. The van der Waals surface area contributed by atoms with Crippen LogP contribution >= 0.6 is 0 Å². The van der Waals surface area contributed by atoms with Crippen molar-refractivity contribution in [3.63, 3.8) is 0 Å². The number of aromatic nitrogens is 4. The maximum Gasteiger partial charge on any atom is 0.316 e. The third-order valence-corrected chi connectivity index (χ3v) is 3.80. The largest absolute Gasteiger partial charge is 0.463 e. The number of likely N-dealkylation sites (tertiary alicyclic amines) is 1. The van der Waals surface area contributed by atoms with Gasteiger partial charge in [0.2, 0.25) is 0 Å². The lowest BCUT2D eigenvalue weighted by Gasteiger charge is -2.32. The van der Waals surface area contributed by atoms with Gasteiger partial charge in [-0.05, 0) is 31.5 Å². The SMILES string of the molecule is c1cnc(OCC2CCCN(CCn3cccn3)C2)nc1. The minimum atomic E-state index is 0.478. The number of ether oxygens (including phenoxy) is 1. The molecule has 2 aromatic heterocycles. The molecule has 0 amide bonds. The number of rotatable bonds is 6. The van der Waals surface area contributed by atoms with Gasteiger partial charge in [0.15, 0.2) is 0 Å². The summed E-state index contributed by atoms with van der Waals surface area (Å²) in [5.74, 6) is 0.556. The summed E-state index contributed by atoms with van der Waals surface area (Å²) in [6.07, 6.45) is 9.69. The van der Waals surface area contributed by atoms with Gasteiger partial charge in [-0.3, -0.25) is 4.68 Å². The van der Waals surface area contributed by atoms with E-state index >= 15 is 0 Å². The second-order valence-electron chi connectivity index (χ2n) is 5.42. The Bertz CT molecular complexity index is 516. The number of hydrogen-bond acceptors (Lipinski definition) is 5. The predicted octanol–water partition coefficient (Wildman–Crippen LogP) is 1.46. The Kier molecular flexibility index (Phi) is 4.78. The van der Waals surface area contributed by atoms with Crippen LogP contribution in [0.25, 0.3) is 0 Å².